The van der Waals surface area contributed by atoms with E-state index in [-0.39, 0.29) is 17.7 Å². The molecule has 0 aliphatic carbocycles. The fourth-order valence-electron chi connectivity index (χ4n) is 0.853. The van der Waals surface area contributed by atoms with Gasteiger partial charge in [0.25, 0.3) is 0 Å². The second-order valence-electron chi connectivity index (χ2n) is 2.60. The van der Waals surface area contributed by atoms with Crippen molar-refractivity contribution in [3.8, 4) is 0 Å². The highest BCUT2D eigenvalue weighted by molar-refractivity contribution is 14.1. The van der Waals surface area contributed by atoms with Crippen molar-refractivity contribution < 1.29 is 4.39 Å². The zero-order valence-corrected chi connectivity index (χ0v) is 9.77. The SMILES string of the molecule is NC(N)=NC(N)=Nc1ccc(F)cc1I. The molecule has 80 valence electrons. The van der Waals surface area contributed by atoms with Crippen LogP contribution in [0.3, 0.4) is 0 Å². The van der Waals surface area contributed by atoms with E-state index in [0.29, 0.717) is 9.26 Å². The maximum Gasteiger partial charge on any atom is 0.223 e. The molecule has 0 heterocycles. The molecule has 0 aliphatic heterocycles. The largest absolute Gasteiger partial charge is 0.370 e. The topological polar surface area (TPSA) is 103 Å². The predicted octanol–water partition coefficient (Wildman–Crippen LogP) is 0.650. The predicted molar refractivity (Wildman–Crippen MR) is 66.2 cm³/mol. The highest BCUT2D eigenvalue weighted by Gasteiger charge is 2.00. The summed E-state index contributed by atoms with van der Waals surface area (Å²) in [7, 11) is 0. The molecule has 0 aliphatic rings. The average molecular weight is 321 g/mol. The van der Waals surface area contributed by atoms with Gasteiger partial charge in [0.1, 0.15) is 5.82 Å². The molecule has 1 aromatic rings. The van der Waals surface area contributed by atoms with Crippen LogP contribution in [0.5, 0.6) is 0 Å². The molecule has 0 spiro atoms. The van der Waals surface area contributed by atoms with Crippen LogP contribution >= 0.6 is 22.6 Å². The molecule has 0 aromatic heterocycles. The van der Waals surface area contributed by atoms with Crippen molar-refractivity contribution in [2.45, 2.75) is 0 Å². The minimum Gasteiger partial charge on any atom is -0.370 e. The third kappa shape index (κ3) is 3.70. The second-order valence-corrected chi connectivity index (χ2v) is 3.76. The first-order chi connectivity index (χ1) is 6.99. The number of nitrogens with two attached hydrogens (primary N) is 3. The number of nitrogens with zero attached hydrogens (tertiary/aromatic N) is 2. The molecular formula is C8H9FIN5. The van der Waals surface area contributed by atoms with Gasteiger partial charge in [-0.2, -0.15) is 4.99 Å². The molecule has 0 amide bonds. The molecule has 6 N–H and O–H groups in total. The van der Waals surface area contributed by atoms with E-state index in [1.807, 2.05) is 22.6 Å². The quantitative estimate of drug-likeness (QED) is 0.402. The van der Waals surface area contributed by atoms with Crippen LogP contribution in [-0.4, -0.2) is 11.9 Å². The Hall–Kier alpha value is -1.38. The van der Waals surface area contributed by atoms with Crippen LogP contribution in [0.15, 0.2) is 28.2 Å². The highest BCUT2D eigenvalue weighted by atomic mass is 127. The lowest BCUT2D eigenvalue weighted by Crippen LogP contribution is -2.26. The Morgan fingerprint density at radius 2 is 1.93 bits per heavy atom. The lowest BCUT2D eigenvalue weighted by molar-refractivity contribution is 0.627. The summed E-state index contributed by atoms with van der Waals surface area (Å²) < 4.78 is 13.4. The lowest BCUT2D eigenvalue weighted by atomic mass is 10.3. The molecule has 0 saturated heterocycles. The maximum atomic E-state index is 12.7. The first-order valence-corrected chi connectivity index (χ1v) is 4.96. The maximum absolute atomic E-state index is 12.7. The lowest BCUT2D eigenvalue weighted by Gasteiger charge is -1.99. The van der Waals surface area contributed by atoms with Gasteiger partial charge in [0, 0.05) is 3.57 Å². The van der Waals surface area contributed by atoms with Crippen molar-refractivity contribution in [2.75, 3.05) is 0 Å². The van der Waals surface area contributed by atoms with Crippen LogP contribution in [-0.2, 0) is 0 Å². The van der Waals surface area contributed by atoms with E-state index in [2.05, 4.69) is 9.98 Å². The van der Waals surface area contributed by atoms with Crippen molar-refractivity contribution in [3.63, 3.8) is 0 Å². The highest BCUT2D eigenvalue weighted by Crippen LogP contribution is 2.21. The van der Waals surface area contributed by atoms with Crippen molar-refractivity contribution in [3.05, 3.63) is 27.6 Å². The summed E-state index contributed by atoms with van der Waals surface area (Å²) in [6, 6.07) is 4.11. The minimum absolute atomic E-state index is 0.0699. The van der Waals surface area contributed by atoms with E-state index >= 15 is 0 Å². The number of benzene rings is 1. The van der Waals surface area contributed by atoms with Crippen LogP contribution in [0.4, 0.5) is 10.1 Å². The summed E-state index contributed by atoms with van der Waals surface area (Å²) in [4.78, 5) is 7.45. The van der Waals surface area contributed by atoms with Gasteiger partial charge in [-0.3, -0.25) is 0 Å². The normalized spacial score (nSPS) is 11.2. The van der Waals surface area contributed by atoms with Crippen molar-refractivity contribution in [1.82, 2.24) is 0 Å². The number of halogens is 2. The number of aliphatic imine (C=N–C) groups is 2. The monoisotopic (exact) mass is 321 g/mol. The second kappa shape index (κ2) is 4.91. The van der Waals surface area contributed by atoms with Gasteiger partial charge in [0.15, 0.2) is 5.96 Å². The smallest absolute Gasteiger partial charge is 0.223 e. The zero-order valence-electron chi connectivity index (χ0n) is 7.61. The van der Waals surface area contributed by atoms with Crippen LogP contribution in [0.25, 0.3) is 0 Å². The van der Waals surface area contributed by atoms with E-state index in [4.69, 9.17) is 17.2 Å². The van der Waals surface area contributed by atoms with Gasteiger partial charge in [-0.25, -0.2) is 9.38 Å². The third-order valence-electron chi connectivity index (χ3n) is 1.39. The summed E-state index contributed by atoms with van der Waals surface area (Å²) in [5.74, 6) is -0.577. The van der Waals surface area contributed by atoms with Gasteiger partial charge in [0.05, 0.1) is 5.69 Å². The van der Waals surface area contributed by atoms with Crippen LogP contribution < -0.4 is 17.2 Å². The molecule has 7 heteroatoms. The summed E-state index contributed by atoms with van der Waals surface area (Å²) in [6.45, 7) is 0. The molecule has 0 unspecified atom stereocenters. The number of hydrogen-bond donors (Lipinski definition) is 3. The van der Waals surface area contributed by atoms with Crippen LogP contribution in [0, 0.1) is 9.39 Å². The van der Waals surface area contributed by atoms with E-state index in [1.165, 1.54) is 18.2 Å². The molecule has 0 radical (unpaired) electrons. The first kappa shape index (κ1) is 11.7. The van der Waals surface area contributed by atoms with Gasteiger partial charge in [-0.15, -0.1) is 0 Å². The van der Waals surface area contributed by atoms with E-state index in [1.54, 1.807) is 0 Å². The molecule has 1 rings (SSSR count). The Balaban J connectivity index is 3.03. The summed E-state index contributed by atoms with van der Waals surface area (Å²) in [5, 5.41) is 0. The zero-order chi connectivity index (χ0) is 11.4. The minimum atomic E-state index is -0.334. The molecule has 5 nitrogen and oxygen atoms in total. The molecule has 1 aromatic carbocycles. The fourth-order valence-corrected chi connectivity index (χ4v) is 1.45. The van der Waals surface area contributed by atoms with Crippen molar-refractivity contribution in [2.24, 2.45) is 27.2 Å². The van der Waals surface area contributed by atoms with Gasteiger partial charge >= 0.3 is 0 Å². The molecule has 0 fully saturated rings. The molecule has 15 heavy (non-hydrogen) atoms. The summed E-state index contributed by atoms with van der Waals surface area (Å²) in [6.07, 6.45) is 0. The number of guanidine groups is 2. The standard InChI is InChI=1S/C8H9FIN5/c9-4-1-2-6(5(10)3-4)14-8(13)15-7(11)12/h1-3H,(H6,11,12,13,14,15). The third-order valence-corrected chi connectivity index (χ3v) is 2.25. The first-order valence-electron chi connectivity index (χ1n) is 3.88. The Labute approximate surface area is 99.4 Å². The van der Waals surface area contributed by atoms with Crippen LogP contribution in [0.2, 0.25) is 0 Å². The van der Waals surface area contributed by atoms with E-state index in [9.17, 15) is 4.39 Å². The van der Waals surface area contributed by atoms with Gasteiger partial charge in [-0.05, 0) is 40.8 Å². The van der Waals surface area contributed by atoms with Crippen LogP contribution in [0.1, 0.15) is 0 Å². The van der Waals surface area contributed by atoms with E-state index < -0.39 is 0 Å². The Morgan fingerprint density at radius 1 is 1.27 bits per heavy atom. The summed E-state index contributed by atoms with van der Waals surface area (Å²) >= 11 is 1.94. The van der Waals surface area contributed by atoms with Gasteiger partial charge in [-0.1, -0.05) is 0 Å². The number of hydrogen-bond acceptors (Lipinski definition) is 1. The average Bonchev–Trinajstić information content (AvgIpc) is 2.08. The van der Waals surface area contributed by atoms with E-state index in [0.717, 1.165) is 0 Å². The molecule has 0 atom stereocenters. The fraction of sp³-hybridized carbons (Fsp3) is 0. The molecule has 0 saturated carbocycles. The Kier molecular flexibility index (Phi) is 3.83. The van der Waals surface area contributed by atoms with Crippen molar-refractivity contribution >= 4 is 40.2 Å². The van der Waals surface area contributed by atoms with Gasteiger partial charge < -0.3 is 17.2 Å². The Morgan fingerprint density at radius 3 is 2.47 bits per heavy atom. The van der Waals surface area contributed by atoms with Crippen molar-refractivity contribution in [1.29, 1.82) is 0 Å². The summed E-state index contributed by atoms with van der Waals surface area (Å²) in [5.41, 5.74) is 16.2. The van der Waals surface area contributed by atoms with Gasteiger partial charge in [0.2, 0.25) is 5.96 Å². The molecule has 0 bridgehead atoms. The number of rotatable bonds is 1. The molecular weight excluding hydrogens is 312 g/mol. The Bertz CT molecular complexity index is 425.